The molecule has 0 fully saturated rings. The van der Waals surface area contributed by atoms with Crippen LogP contribution in [0.15, 0.2) is 47.5 Å². The van der Waals surface area contributed by atoms with E-state index in [-0.39, 0.29) is 5.56 Å². The smallest absolute Gasteiger partial charge is 0.315 e. The van der Waals surface area contributed by atoms with Gasteiger partial charge in [-0.3, -0.25) is 14.8 Å². The van der Waals surface area contributed by atoms with E-state index in [0.29, 0.717) is 10.6 Å². The van der Waals surface area contributed by atoms with E-state index in [9.17, 15) is 23.2 Å². The van der Waals surface area contributed by atoms with E-state index in [1.54, 1.807) is 6.08 Å². The van der Waals surface area contributed by atoms with Gasteiger partial charge in [0.25, 0.3) is 18.2 Å². The van der Waals surface area contributed by atoms with Crippen molar-refractivity contribution < 1.29 is 28.4 Å². The summed E-state index contributed by atoms with van der Waals surface area (Å²) in [6.45, 7) is 0.857. The highest BCUT2D eigenvalue weighted by molar-refractivity contribution is 7.84. The normalized spacial score (nSPS) is 14.0. The summed E-state index contributed by atoms with van der Waals surface area (Å²) in [7, 11) is 1.19. The second-order valence-corrected chi connectivity index (χ2v) is 6.98. The zero-order valence-electron chi connectivity index (χ0n) is 17.1. The maximum Gasteiger partial charge on any atom is 0.315 e. The van der Waals surface area contributed by atoms with Crippen LogP contribution in [0.5, 0.6) is 0 Å². The third-order valence-corrected chi connectivity index (χ3v) is 4.27. The Morgan fingerprint density at radius 3 is 2.38 bits per heavy atom. The summed E-state index contributed by atoms with van der Waals surface area (Å²) in [6, 6.07) is 2.74. The molecule has 0 spiro atoms. The van der Waals surface area contributed by atoms with Crippen molar-refractivity contribution in [1.29, 1.82) is 0 Å². The zero-order chi connectivity index (χ0) is 24.3. The number of thiol groups is 1. The number of amides is 4. The number of nitrogens with two attached hydrogens (primary N) is 1. The van der Waals surface area contributed by atoms with Crippen molar-refractivity contribution in [2.24, 2.45) is 5.73 Å². The van der Waals surface area contributed by atoms with Crippen LogP contribution in [0.1, 0.15) is 22.8 Å². The van der Waals surface area contributed by atoms with Gasteiger partial charge in [0, 0.05) is 18.2 Å². The molecule has 1 unspecified atom stereocenters. The Morgan fingerprint density at radius 2 is 1.88 bits per heavy atom. The second kappa shape index (κ2) is 12.3. The first-order valence-electron chi connectivity index (χ1n) is 9.00. The Bertz CT molecular complexity index is 953. The van der Waals surface area contributed by atoms with Crippen LogP contribution in [0.4, 0.5) is 13.6 Å². The third-order valence-electron chi connectivity index (χ3n) is 4.12. The number of rotatable bonds is 7. The van der Waals surface area contributed by atoms with Crippen LogP contribution in [0.3, 0.4) is 0 Å². The molecule has 4 amide bonds. The number of allylic oxidation sites excluding steroid dienone is 3. The van der Waals surface area contributed by atoms with E-state index in [1.165, 1.54) is 48.9 Å². The van der Waals surface area contributed by atoms with Crippen LogP contribution in [0.2, 0.25) is 0 Å². The van der Waals surface area contributed by atoms with Crippen molar-refractivity contribution in [2.45, 2.75) is 24.9 Å². The molecule has 7 N–H and O–H groups in total. The Labute approximate surface area is 188 Å². The van der Waals surface area contributed by atoms with Crippen LogP contribution in [-0.4, -0.2) is 48.1 Å². The monoisotopic (exact) mass is 467 g/mol. The lowest BCUT2D eigenvalue weighted by atomic mass is 9.91. The molecule has 9 nitrogen and oxygen atoms in total. The first-order valence-corrected chi connectivity index (χ1v) is 9.45. The van der Waals surface area contributed by atoms with Crippen molar-refractivity contribution in [1.82, 2.24) is 21.4 Å². The first-order chi connectivity index (χ1) is 15.0. The first kappa shape index (κ1) is 26.5. The molecule has 0 radical (unpaired) electrons. The highest BCUT2D eigenvalue weighted by atomic mass is 32.1. The predicted octanol–water partition coefficient (Wildman–Crippen LogP) is 0.881. The van der Waals surface area contributed by atoms with Crippen LogP contribution < -0.4 is 27.2 Å². The van der Waals surface area contributed by atoms with Gasteiger partial charge in [-0.1, -0.05) is 17.9 Å². The molecular weight excluding hydrogens is 444 g/mol. The van der Waals surface area contributed by atoms with Gasteiger partial charge in [0.05, 0.1) is 5.03 Å². The van der Waals surface area contributed by atoms with Gasteiger partial charge in [-0.15, -0.1) is 12.6 Å². The topological polar surface area (TPSA) is 146 Å². The average Bonchev–Trinajstić information content (AvgIpc) is 2.76. The molecule has 32 heavy (non-hydrogen) atoms. The molecule has 0 aliphatic rings. The lowest BCUT2D eigenvalue weighted by Gasteiger charge is -2.36. The van der Waals surface area contributed by atoms with Crippen molar-refractivity contribution in [2.75, 3.05) is 7.05 Å². The number of carbonyl (C=O) groups is 3. The predicted molar refractivity (Wildman–Crippen MR) is 117 cm³/mol. The van der Waals surface area contributed by atoms with Gasteiger partial charge < -0.3 is 21.7 Å². The Morgan fingerprint density at radius 1 is 1.25 bits per heavy atom. The molecule has 0 saturated heterocycles. The number of hydroxylamine groups is 1. The Kier molecular flexibility index (Phi) is 10.2. The summed E-state index contributed by atoms with van der Waals surface area (Å²) in [5.41, 5.74) is 4.62. The number of carbonyl (C=O) groups excluding carboxylic acids is 3. The molecule has 0 aliphatic carbocycles. The molecule has 2 atom stereocenters. The highest BCUT2D eigenvalue weighted by Gasteiger charge is 2.48. The van der Waals surface area contributed by atoms with E-state index in [4.69, 9.17) is 10.9 Å². The third kappa shape index (κ3) is 7.60. The summed E-state index contributed by atoms with van der Waals surface area (Å²) < 4.78 is 27.5. The maximum absolute atomic E-state index is 13.8. The summed E-state index contributed by atoms with van der Waals surface area (Å²) in [5.74, 6) is 3.31. The standard InChI is InChI=1S/C20H23F2N5O4S/c1-20(18(21)22,26-19(30)24-2)15(17(29)27-31)25-16(28)13-10-8-12(9-11-13)6-4-3-5-7-14(23)32/h3,5,7-11,15,18,31-32H,23H2,1-2H3,(H,25,28)(H,27,29)(H2,24,26,30)/b5-3+,14-7-/t15-,20?/m1/s1. The summed E-state index contributed by atoms with van der Waals surface area (Å²) in [5, 5.41) is 15.4. The highest BCUT2D eigenvalue weighted by Crippen LogP contribution is 2.21. The minimum Gasteiger partial charge on any atom is -0.394 e. The van der Waals surface area contributed by atoms with Crippen molar-refractivity contribution in [3.8, 4) is 11.8 Å². The van der Waals surface area contributed by atoms with Crippen LogP contribution in [0, 0.1) is 11.8 Å². The van der Waals surface area contributed by atoms with Gasteiger partial charge in [0.1, 0.15) is 11.6 Å². The average molecular weight is 467 g/mol. The van der Waals surface area contributed by atoms with Crippen molar-refractivity contribution in [3.63, 3.8) is 0 Å². The number of benzene rings is 1. The van der Waals surface area contributed by atoms with E-state index in [1.807, 2.05) is 5.32 Å². The number of nitrogens with one attached hydrogen (secondary N) is 4. The fraction of sp³-hybridized carbons (Fsp3) is 0.250. The van der Waals surface area contributed by atoms with Gasteiger partial charge in [-0.05, 0) is 43.3 Å². The fourth-order valence-corrected chi connectivity index (χ4v) is 2.44. The SMILES string of the molecule is CNC(=O)NC(C)(C(F)F)[C@H](NC(=O)c1ccc(C#C/C=C/C=C(/N)S)cc1)C(=O)NO. The molecule has 12 heteroatoms. The fourth-order valence-electron chi connectivity index (χ4n) is 2.35. The minimum atomic E-state index is -3.28. The van der Waals surface area contributed by atoms with Gasteiger partial charge in [0.2, 0.25) is 0 Å². The van der Waals surface area contributed by atoms with Gasteiger partial charge in [-0.2, -0.15) is 0 Å². The molecule has 0 saturated carbocycles. The van der Waals surface area contributed by atoms with E-state index in [2.05, 4.69) is 35.1 Å². The summed E-state index contributed by atoms with van der Waals surface area (Å²) >= 11 is 3.89. The van der Waals surface area contributed by atoms with Gasteiger partial charge >= 0.3 is 6.03 Å². The van der Waals surface area contributed by atoms with Crippen molar-refractivity contribution >= 4 is 30.5 Å². The molecule has 172 valence electrons. The van der Waals surface area contributed by atoms with E-state index >= 15 is 0 Å². The molecule has 0 bridgehead atoms. The molecule has 1 rings (SSSR count). The molecule has 1 aromatic carbocycles. The van der Waals surface area contributed by atoms with Gasteiger partial charge in [0.15, 0.2) is 0 Å². The van der Waals surface area contributed by atoms with Crippen LogP contribution in [-0.2, 0) is 4.79 Å². The van der Waals surface area contributed by atoms with Crippen LogP contribution in [0.25, 0.3) is 0 Å². The van der Waals surface area contributed by atoms with E-state index < -0.39 is 35.9 Å². The minimum absolute atomic E-state index is 0.0316. The Hall–Kier alpha value is -3.56. The van der Waals surface area contributed by atoms with Crippen molar-refractivity contribution in [3.05, 3.63) is 58.6 Å². The second-order valence-electron chi connectivity index (χ2n) is 6.47. The zero-order valence-corrected chi connectivity index (χ0v) is 18.0. The molecule has 0 aliphatic heterocycles. The molecular formula is C20H23F2N5O4S. The Balaban J connectivity index is 3.07. The lowest BCUT2D eigenvalue weighted by molar-refractivity contribution is -0.135. The lowest BCUT2D eigenvalue weighted by Crippen LogP contribution is -2.69. The largest absolute Gasteiger partial charge is 0.394 e. The summed E-state index contributed by atoms with van der Waals surface area (Å²) in [6.07, 6.45) is 1.39. The number of hydrogen-bond acceptors (Lipinski definition) is 6. The molecule has 1 aromatic rings. The van der Waals surface area contributed by atoms with E-state index in [0.717, 1.165) is 6.92 Å². The molecule has 0 heterocycles. The summed E-state index contributed by atoms with van der Waals surface area (Å²) in [4.78, 5) is 36.2. The maximum atomic E-state index is 13.8. The quantitative estimate of drug-likeness (QED) is 0.105. The van der Waals surface area contributed by atoms with Gasteiger partial charge in [-0.25, -0.2) is 19.1 Å². The van der Waals surface area contributed by atoms with Crippen LogP contribution >= 0.6 is 12.6 Å². The number of urea groups is 1. The molecule has 0 aromatic heterocycles. The number of halogens is 2. The number of hydrogen-bond donors (Lipinski definition) is 7. The number of alkyl halides is 2.